The molecule has 2 fully saturated rings. The zero-order valence-corrected chi connectivity index (χ0v) is 15.7. The normalized spacial score (nSPS) is 31.1. The van der Waals surface area contributed by atoms with Crippen LogP contribution in [0, 0.1) is 11.8 Å². The fourth-order valence-electron chi connectivity index (χ4n) is 4.46. The lowest BCUT2D eigenvalue weighted by Gasteiger charge is -2.36. The van der Waals surface area contributed by atoms with Gasteiger partial charge in [-0.2, -0.15) is 21.6 Å². The molecule has 1 aliphatic heterocycles. The molecule has 5 nitrogen and oxygen atoms in total. The number of rotatable bonds is 4. The Morgan fingerprint density at radius 3 is 2.56 bits per heavy atom. The summed E-state index contributed by atoms with van der Waals surface area (Å²) in [5, 5.41) is 0. The van der Waals surface area contributed by atoms with Crippen molar-refractivity contribution in [2.45, 2.75) is 43.7 Å². The van der Waals surface area contributed by atoms with Gasteiger partial charge in [0.1, 0.15) is 5.75 Å². The van der Waals surface area contributed by atoms with Gasteiger partial charge < -0.3 is 4.18 Å². The van der Waals surface area contributed by atoms with Crippen molar-refractivity contribution in [2.24, 2.45) is 11.8 Å². The number of nitrogens with zero attached hydrogens (tertiary/aromatic N) is 1. The maximum absolute atomic E-state index is 13.0. The number of Topliss-reactive ketones (excluding diaryl/α,β-unsaturated/α-hetero) is 1. The van der Waals surface area contributed by atoms with Crippen LogP contribution in [0.2, 0.25) is 0 Å². The number of hydrogen-bond donors (Lipinski definition) is 0. The quantitative estimate of drug-likeness (QED) is 0.571. The molecule has 3 aliphatic rings. The summed E-state index contributed by atoms with van der Waals surface area (Å²) in [6, 6.07) is 3.54. The lowest BCUT2D eigenvalue weighted by atomic mass is 9.66. The van der Waals surface area contributed by atoms with Crippen LogP contribution in [0.5, 0.6) is 5.75 Å². The van der Waals surface area contributed by atoms with Crippen LogP contribution in [0.4, 0.5) is 13.2 Å². The largest absolute Gasteiger partial charge is 0.534 e. The summed E-state index contributed by atoms with van der Waals surface area (Å²) in [7, 11) is -5.75. The predicted octanol–water partition coefficient (Wildman–Crippen LogP) is 3.10. The Morgan fingerprint density at radius 1 is 1.30 bits per heavy atom. The number of benzene rings is 1. The van der Waals surface area contributed by atoms with E-state index in [-0.39, 0.29) is 17.7 Å². The highest BCUT2D eigenvalue weighted by Crippen LogP contribution is 2.51. The molecule has 0 amide bonds. The first-order chi connectivity index (χ1) is 12.4. The molecule has 0 unspecified atom stereocenters. The Balaban J connectivity index is 1.71. The molecule has 4 rings (SSSR count). The monoisotopic (exact) mass is 403 g/mol. The summed E-state index contributed by atoms with van der Waals surface area (Å²) < 4.78 is 64.7. The van der Waals surface area contributed by atoms with E-state index in [1.165, 1.54) is 12.1 Å². The molecule has 0 radical (unpaired) electrons. The summed E-state index contributed by atoms with van der Waals surface area (Å²) >= 11 is 0. The van der Waals surface area contributed by atoms with Gasteiger partial charge in [0.05, 0.1) is 6.04 Å². The van der Waals surface area contributed by atoms with Crippen LogP contribution >= 0.6 is 0 Å². The third-order valence-corrected chi connectivity index (χ3v) is 7.20. The maximum Gasteiger partial charge on any atom is 0.534 e. The van der Waals surface area contributed by atoms with Crippen molar-refractivity contribution in [3.63, 3.8) is 0 Å². The molecule has 1 saturated heterocycles. The first-order valence-corrected chi connectivity index (χ1v) is 10.3. The van der Waals surface area contributed by atoms with Gasteiger partial charge in [-0.05, 0) is 48.4 Å². The third kappa shape index (κ3) is 2.86. The minimum Gasteiger partial charge on any atom is -0.376 e. The van der Waals surface area contributed by atoms with Gasteiger partial charge in [-0.3, -0.25) is 9.69 Å². The van der Waals surface area contributed by atoms with Crippen molar-refractivity contribution in [1.82, 2.24) is 4.90 Å². The Labute approximate surface area is 155 Å². The van der Waals surface area contributed by atoms with E-state index in [4.69, 9.17) is 0 Å². The van der Waals surface area contributed by atoms with E-state index in [9.17, 15) is 26.4 Å². The molecule has 1 heterocycles. The van der Waals surface area contributed by atoms with Gasteiger partial charge in [0, 0.05) is 24.1 Å². The molecule has 1 aromatic carbocycles. The SMILES string of the molecule is C[C@H]1[C@H]2C(=O)c3ccc(OS(=O)(=O)C(F)(F)F)cc3[C@@]1(C)CN2CC1CC1. The van der Waals surface area contributed by atoms with E-state index in [2.05, 4.69) is 9.08 Å². The van der Waals surface area contributed by atoms with E-state index < -0.39 is 26.8 Å². The minimum absolute atomic E-state index is 0.0225. The van der Waals surface area contributed by atoms with Crippen LogP contribution in [0.15, 0.2) is 18.2 Å². The number of likely N-dealkylation sites (tertiary alicyclic amines) is 1. The smallest absolute Gasteiger partial charge is 0.376 e. The molecule has 1 saturated carbocycles. The molecular formula is C18H20F3NO4S. The number of alkyl halides is 3. The highest BCUT2D eigenvalue weighted by Gasteiger charge is 2.56. The number of carbonyl (C=O) groups is 1. The van der Waals surface area contributed by atoms with Crippen molar-refractivity contribution in [2.75, 3.05) is 13.1 Å². The molecule has 3 atom stereocenters. The van der Waals surface area contributed by atoms with Gasteiger partial charge in [-0.25, -0.2) is 0 Å². The van der Waals surface area contributed by atoms with Gasteiger partial charge in [-0.1, -0.05) is 13.8 Å². The topological polar surface area (TPSA) is 63.7 Å². The summed E-state index contributed by atoms with van der Waals surface area (Å²) in [5.41, 5.74) is -4.96. The maximum atomic E-state index is 13.0. The average Bonchev–Trinajstić information content (AvgIpc) is 3.32. The van der Waals surface area contributed by atoms with E-state index in [0.29, 0.717) is 23.6 Å². The van der Waals surface area contributed by atoms with Gasteiger partial charge >= 0.3 is 15.6 Å². The Hall–Kier alpha value is -1.61. The average molecular weight is 403 g/mol. The van der Waals surface area contributed by atoms with Crippen molar-refractivity contribution in [3.05, 3.63) is 29.3 Å². The van der Waals surface area contributed by atoms with Crippen LogP contribution in [0.3, 0.4) is 0 Å². The Morgan fingerprint density at radius 2 is 1.96 bits per heavy atom. The molecule has 2 bridgehead atoms. The number of hydrogen-bond acceptors (Lipinski definition) is 5. The van der Waals surface area contributed by atoms with E-state index in [0.717, 1.165) is 25.5 Å². The van der Waals surface area contributed by atoms with Crippen molar-refractivity contribution in [3.8, 4) is 5.75 Å². The van der Waals surface area contributed by atoms with Crippen molar-refractivity contribution in [1.29, 1.82) is 0 Å². The van der Waals surface area contributed by atoms with Gasteiger partial charge in [0.2, 0.25) is 0 Å². The molecule has 0 aromatic heterocycles. The van der Waals surface area contributed by atoms with Crippen LogP contribution in [0.1, 0.15) is 42.6 Å². The first kappa shape index (κ1) is 18.7. The van der Waals surface area contributed by atoms with E-state index in [1.807, 2.05) is 13.8 Å². The molecule has 27 heavy (non-hydrogen) atoms. The van der Waals surface area contributed by atoms with Gasteiger partial charge in [0.15, 0.2) is 5.78 Å². The molecule has 0 N–H and O–H groups in total. The molecule has 1 aromatic rings. The second-order valence-electron chi connectivity index (χ2n) is 8.08. The Kier molecular flexibility index (Phi) is 3.96. The summed E-state index contributed by atoms with van der Waals surface area (Å²) in [6.45, 7) is 5.41. The number of halogens is 3. The van der Waals surface area contributed by atoms with Crippen LogP contribution < -0.4 is 4.18 Å². The predicted molar refractivity (Wildman–Crippen MR) is 91.0 cm³/mol. The zero-order chi connectivity index (χ0) is 19.8. The van der Waals surface area contributed by atoms with Crippen LogP contribution in [-0.4, -0.2) is 43.7 Å². The molecule has 148 valence electrons. The van der Waals surface area contributed by atoms with Crippen LogP contribution in [-0.2, 0) is 15.5 Å². The second-order valence-corrected chi connectivity index (χ2v) is 9.62. The number of ketones is 1. The molecule has 0 spiro atoms. The van der Waals surface area contributed by atoms with Crippen molar-refractivity contribution < 1.29 is 30.6 Å². The minimum atomic E-state index is -5.75. The Bertz CT molecular complexity index is 910. The fraction of sp³-hybridized carbons (Fsp3) is 0.611. The first-order valence-electron chi connectivity index (χ1n) is 8.87. The van der Waals surface area contributed by atoms with Gasteiger partial charge in [0.25, 0.3) is 0 Å². The fourth-order valence-corrected chi connectivity index (χ4v) is 4.91. The van der Waals surface area contributed by atoms with Gasteiger partial charge in [-0.15, -0.1) is 0 Å². The lowest BCUT2D eigenvalue weighted by Crippen LogP contribution is -2.44. The summed E-state index contributed by atoms with van der Waals surface area (Å²) in [6.07, 6.45) is 2.31. The lowest BCUT2D eigenvalue weighted by molar-refractivity contribution is -0.0500. The third-order valence-electron chi connectivity index (χ3n) is 6.22. The summed E-state index contributed by atoms with van der Waals surface area (Å²) in [5.74, 6) is 0.0994. The number of fused-ring (bicyclic) bond motifs is 4. The highest BCUT2D eigenvalue weighted by atomic mass is 32.2. The van der Waals surface area contributed by atoms with E-state index in [1.54, 1.807) is 0 Å². The van der Waals surface area contributed by atoms with Crippen molar-refractivity contribution >= 4 is 15.9 Å². The second kappa shape index (κ2) is 5.70. The molecule has 2 aliphatic carbocycles. The highest BCUT2D eigenvalue weighted by molar-refractivity contribution is 7.88. The van der Waals surface area contributed by atoms with Crippen LogP contribution in [0.25, 0.3) is 0 Å². The number of carbonyl (C=O) groups excluding carboxylic acids is 1. The standard InChI is InChI=1S/C18H20F3NO4S/c1-10-15-16(23)13-6-5-12(26-27(24,25)18(19,20)21)7-14(13)17(10,2)9-22(15)8-11-3-4-11/h5-7,10-11,15H,3-4,8-9H2,1-2H3/t10-,15-,17-/m0/s1. The molecule has 9 heteroatoms. The van der Waals surface area contributed by atoms with E-state index >= 15 is 0 Å². The zero-order valence-electron chi connectivity index (χ0n) is 14.9. The summed E-state index contributed by atoms with van der Waals surface area (Å²) in [4.78, 5) is 15.2. The molecular weight excluding hydrogens is 383 g/mol.